The summed E-state index contributed by atoms with van der Waals surface area (Å²) in [7, 11) is 0. The van der Waals surface area contributed by atoms with Gasteiger partial charge < -0.3 is 5.11 Å². The number of hydrogen-bond acceptors (Lipinski definition) is 1. The van der Waals surface area contributed by atoms with E-state index in [9.17, 15) is 35.5 Å². The van der Waals surface area contributed by atoms with Crippen LogP contribution in [0.3, 0.4) is 0 Å². The van der Waals surface area contributed by atoms with Crippen LogP contribution in [0.4, 0.5) is 30.7 Å². The van der Waals surface area contributed by atoms with Crippen LogP contribution in [-0.2, 0) is 11.0 Å². The van der Waals surface area contributed by atoms with Crippen molar-refractivity contribution in [2.75, 3.05) is 0 Å². The second kappa shape index (κ2) is 5.29. The van der Waals surface area contributed by atoms with Crippen LogP contribution >= 0.6 is 0 Å². The second-order valence-corrected chi connectivity index (χ2v) is 3.92. The number of carboxylic acid groups (broad SMARTS) is 1. The summed E-state index contributed by atoms with van der Waals surface area (Å²) in [4.78, 5) is 10.4. The van der Waals surface area contributed by atoms with Crippen molar-refractivity contribution in [3.05, 3.63) is 35.1 Å². The molecule has 0 amide bonds. The van der Waals surface area contributed by atoms with Gasteiger partial charge in [0.25, 0.3) is 0 Å². The molecule has 0 heterocycles. The fraction of sp³-hybridized carbons (Fsp3) is 0.364. The first-order valence-corrected chi connectivity index (χ1v) is 5.08. The van der Waals surface area contributed by atoms with E-state index in [-0.39, 0.29) is 6.07 Å². The first kappa shape index (κ1) is 16.3. The van der Waals surface area contributed by atoms with Crippen LogP contribution in [0.1, 0.15) is 23.5 Å². The first-order valence-electron chi connectivity index (χ1n) is 5.08. The normalized spacial score (nSPS) is 14.2. The predicted octanol–water partition coefficient (Wildman–Crippen LogP) is 3.97. The van der Waals surface area contributed by atoms with Crippen molar-refractivity contribution in [1.29, 1.82) is 0 Å². The SMILES string of the molecule is O=C(O)CC(c1ccc(F)cc1C(F)(F)F)C(F)(F)F. The van der Waals surface area contributed by atoms with Gasteiger partial charge in [0, 0.05) is 0 Å². The molecule has 2 nitrogen and oxygen atoms in total. The molecule has 0 bridgehead atoms. The zero-order chi connectivity index (χ0) is 15.7. The molecule has 9 heteroatoms. The average Bonchev–Trinajstić information content (AvgIpc) is 2.23. The molecule has 0 aliphatic rings. The van der Waals surface area contributed by atoms with Gasteiger partial charge in [-0.25, -0.2) is 4.39 Å². The van der Waals surface area contributed by atoms with Gasteiger partial charge in [0.15, 0.2) is 0 Å². The largest absolute Gasteiger partial charge is 0.481 e. The fourth-order valence-electron chi connectivity index (χ4n) is 1.65. The number of benzene rings is 1. The van der Waals surface area contributed by atoms with Gasteiger partial charge in [0.1, 0.15) is 5.82 Å². The van der Waals surface area contributed by atoms with Crippen LogP contribution in [0, 0.1) is 5.82 Å². The lowest BCUT2D eigenvalue weighted by Crippen LogP contribution is -2.26. The maximum atomic E-state index is 12.8. The molecular weight excluding hydrogens is 297 g/mol. The Morgan fingerprint density at radius 3 is 2.10 bits per heavy atom. The van der Waals surface area contributed by atoms with E-state index in [1.807, 2.05) is 0 Å². The Kier molecular flexibility index (Phi) is 4.30. The molecule has 0 aliphatic heterocycles. The molecule has 1 aromatic carbocycles. The van der Waals surface area contributed by atoms with Gasteiger partial charge in [0.2, 0.25) is 0 Å². The number of alkyl halides is 6. The second-order valence-electron chi connectivity index (χ2n) is 3.92. The van der Waals surface area contributed by atoms with Gasteiger partial charge in [-0.1, -0.05) is 6.07 Å². The molecule has 1 aromatic rings. The van der Waals surface area contributed by atoms with Crippen LogP contribution in [-0.4, -0.2) is 17.3 Å². The maximum Gasteiger partial charge on any atom is 0.416 e. The van der Waals surface area contributed by atoms with Gasteiger partial charge in [-0.2, -0.15) is 26.3 Å². The highest BCUT2D eigenvalue weighted by Gasteiger charge is 2.46. The lowest BCUT2D eigenvalue weighted by atomic mass is 9.90. The highest BCUT2D eigenvalue weighted by Crippen LogP contribution is 2.43. The van der Waals surface area contributed by atoms with E-state index < -0.39 is 47.6 Å². The molecular formula is C11H7F7O2. The van der Waals surface area contributed by atoms with E-state index in [0.717, 1.165) is 0 Å². The molecule has 0 saturated heterocycles. The summed E-state index contributed by atoms with van der Waals surface area (Å²) in [5.41, 5.74) is -3.14. The van der Waals surface area contributed by atoms with Gasteiger partial charge in [-0.15, -0.1) is 0 Å². The van der Waals surface area contributed by atoms with E-state index in [0.29, 0.717) is 12.1 Å². The monoisotopic (exact) mass is 304 g/mol. The zero-order valence-electron chi connectivity index (χ0n) is 9.52. The molecule has 0 radical (unpaired) electrons. The Morgan fingerprint density at radius 2 is 1.70 bits per heavy atom. The van der Waals surface area contributed by atoms with E-state index >= 15 is 0 Å². The van der Waals surface area contributed by atoms with Crippen LogP contribution in [0.5, 0.6) is 0 Å². The third kappa shape index (κ3) is 3.84. The lowest BCUT2D eigenvalue weighted by Gasteiger charge is -2.22. The van der Waals surface area contributed by atoms with Crippen molar-refractivity contribution < 1.29 is 40.6 Å². The van der Waals surface area contributed by atoms with Crippen LogP contribution < -0.4 is 0 Å². The molecule has 1 unspecified atom stereocenters. The molecule has 0 aliphatic carbocycles. The van der Waals surface area contributed by atoms with E-state index in [1.165, 1.54) is 0 Å². The van der Waals surface area contributed by atoms with Crippen molar-refractivity contribution in [2.45, 2.75) is 24.7 Å². The predicted molar refractivity (Wildman–Crippen MR) is 52.5 cm³/mol. The van der Waals surface area contributed by atoms with E-state index in [4.69, 9.17) is 5.11 Å². The molecule has 1 rings (SSSR count). The topological polar surface area (TPSA) is 37.3 Å². The summed E-state index contributed by atoms with van der Waals surface area (Å²) in [6, 6.07) is 0.639. The molecule has 0 aromatic heterocycles. The Bertz CT molecular complexity index is 504. The summed E-state index contributed by atoms with van der Waals surface area (Å²) < 4.78 is 88.8. The minimum absolute atomic E-state index is 0.0874. The summed E-state index contributed by atoms with van der Waals surface area (Å²) in [6.07, 6.45) is -12.0. The summed E-state index contributed by atoms with van der Waals surface area (Å²) in [6.45, 7) is 0. The third-order valence-electron chi connectivity index (χ3n) is 2.47. The van der Waals surface area contributed by atoms with Crippen molar-refractivity contribution >= 4 is 5.97 Å². The van der Waals surface area contributed by atoms with Gasteiger partial charge >= 0.3 is 18.3 Å². The molecule has 112 valence electrons. The Hall–Kier alpha value is -1.80. The number of halogens is 7. The first-order chi connectivity index (χ1) is 8.93. The molecule has 1 N–H and O–H groups in total. The number of carbonyl (C=O) groups is 1. The number of hydrogen-bond donors (Lipinski definition) is 1. The van der Waals surface area contributed by atoms with E-state index in [2.05, 4.69) is 0 Å². The summed E-state index contributed by atoms with van der Waals surface area (Å²) in [5.74, 6) is -6.14. The smallest absolute Gasteiger partial charge is 0.416 e. The van der Waals surface area contributed by atoms with Crippen LogP contribution in [0.15, 0.2) is 18.2 Å². The maximum absolute atomic E-state index is 12.8. The molecule has 0 spiro atoms. The van der Waals surface area contributed by atoms with Gasteiger partial charge in [0.05, 0.1) is 17.9 Å². The van der Waals surface area contributed by atoms with Crippen molar-refractivity contribution in [2.24, 2.45) is 0 Å². The highest BCUT2D eigenvalue weighted by atomic mass is 19.4. The Morgan fingerprint density at radius 1 is 1.15 bits per heavy atom. The average molecular weight is 304 g/mol. The number of rotatable bonds is 3. The standard InChI is InChI=1S/C11H7F7O2/c12-5-1-2-6(7(3-5)10(13,14)15)8(4-9(19)20)11(16,17)18/h1-3,8H,4H2,(H,19,20). The molecule has 0 fully saturated rings. The van der Waals surface area contributed by atoms with Crippen molar-refractivity contribution in [3.8, 4) is 0 Å². The van der Waals surface area contributed by atoms with Crippen LogP contribution in [0.2, 0.25) is 0 Å². The molecule has 20 heavy (non-hydrogen) atoms. The zero-order valence-corrected chi connectivity index (χ0v) is 9.52. The minimum Gasteiger partial charge on any atom is -0.481 e. The number of aliphatic carboxylic acids is 1. The fourth-order valence-corrected chi connectivity index (χ4v) is 1.65. The third-order valence-corrected chi connectivity index (χ3v) is 2.47. The van der Waals surface area contributed by atoms with Crippen LogP contribution in [0.25, 0.3) is 0 Å². The lowest BCUT2D eigenvalue weighted by molar-refractivity contribution is -0.166. The van der Waals surface area contributed by atoms with Gasteiger partial charge in [-0.05, 0) is 17.7 Å². The van der Waals surface area contributed by atoms with Gasteiger partial charge in [-0.3, -0.25) is 4.79 Å². The van der Waals surface area contributed by atoms with Crippen molar-refractivity contribution in [3.63, 3.8) is 0 Å². The highest BCUT2D eigenvalue weighted by molar-refractivity contribution is 5.68. The quantitative estimate of drug-likeness (QED) is 0.858. The molecule has 1 atom stereocenters. The minimum atomic E-state index is -5.22. The summed E-state index contributed by atoms with van der Waals surface area (Å²) in [5, 5.41) is 8.40. The Labute approximate surface area is 107 Å². The van der Waals surface area contributed by atoms with E-state index in [1.54, 1.807) is 0 Å². The number of carboxylic acids is 1. The molecule has 0 saturated carbocycles. The Balaban J connectivity index is 3.44. The summed E-state index contributed by atoms with van der Waals surface area (Å²) >= 11 is 0. The van der Waals surface area contributed by atoms with Crippen molar-refractivity contribution in [1.82, 2.24) is 0 Å².